The fourth-order valence-electron chi connectivity index (χ4n) is 3.13. The van der Waals surface area contributed by atoms with Crippen LogP contribution >= 0.6 is 0 Å². The van der Waals surface area contributed by atoms with Gasteiger partial charge in [-0.05, 0) is 38.1 Å². The minimum absolute atomic E-state index is 0.0829. The second-order valence-corrected chi connectivity index (χ2v) is 6.24. The number of carbonyl (C=O) groups is 2. The first-order valence-corrected chi connectivity index (χ1v) is 8.34. The van der Waals surface area contributed by atoms with Crippen LogP contribution in [0.15, 0.2) is 48.5 Å². The molecular weight excluding hydrogens is 316 g/mol. The SMILES string of the molecule is COc1cccc(N2CCN(C(=O)c3cccc(C)c3)C(C)C2=O)c1. The van der Waals surface area contributed by atoms with Gasteiger partial charge in [-0.3, -0.25) is 9.59 Å². The summed E-state index contributed by atoms with van der Waals surface area (Å²) < 4.78 is 5.23. The Bertz CT molecular complexity index is 803. The fourth-order valence-corrected chi connectivity index (χ4v) is 3.13. The zero-order valence-electron chi connectivity index (χ0n) is 14.7. The largest absolute Gasteiger partial charge is 0.497 e. The van der Waals surface area contributed by atoms with Crippen LogP contribution in [0.5, 0.6) is 5.75 Å². The van der Waals surface area contributed by atoms with Crippen molar-refractivity contribution in [1.29, 1.82) is 0 Å². The Labute approximate surface area is 147 Å². The van der Waals surface area contributed by atoms with Gasteiger partial charge in [0.1, 0.15) is 11.8 Å². The minimum atomic E-state index is -0.507. The number of piperazine rings is 1. The number of aryl methyl sites for hydroxylation is 1. The Hall–Kier alpha value is -2.82. The van der Waals surface area contributed by atoms with Crippen LogP contribution in [0.3, 0.4) is 0 Å². The van der Waals surface area contributed by atoms with Crippen molar-refractivity contribution in [2.24, 2.45) is 0 Å². The van der Waals surface area contributed by atoms with Crippen LogP contribution in [0, 0.1) is 6.92 Å². The number of rotatable bonds is 3. The van der Waals surface area contributed by atoms with E-state index < -0.39 is 6.04 Å². The molecule has 0 bridgehead atoms. The van der Waals surface area contributed by atoms with E-state index >= 15 is 0 Å². The minimum Gasteiger partial charge on any atom is -0.497 e. The number of hydrogen-bond donors (Lipinski definition) is 0. The van der Waals surface area contributed by atoms with Gasteiger partial charge in [0, 0.05) is 30.4 Å². The standard InChI is InChI=1S/C20H22N2O3/c1-14-6-4-7-16(12-14)20(24)21-10-11-22(19(23)15(21)2)17-8-5-9-18(13-17)25-3/h4-9,12-13,15H,10-11H2,1-3H3. The molecule has 0 saturated carbocycles. The van der Waals surface area contributed by atoms with Gasteiger partial charge in [-0.25, -0.2) is 0 Å². The van der Waals surface area contributed by atoms with E-state index in [0.29, 0.717) is 24.4 Å². The van der Waals surface area contributed by atoms with Crippen LogP contribution in [-0.4, -0.2) is 43.0 Å². The summed E-state index contributed by atoms with van der Waals surface area (Å²) in [6.07, 6.45) is 0. The number of carbonyl (C=O) groups excluding carboxylic acids is 2. The maximum Gasteiger partial charge on any atom is 0.254 e. The van der Waals surface area contributed by atoms with Crippen molar-refractivity contribution in [3.63, 3.8) is 0 Å². The van der Waals surface area contributed by atoms with Crippen molar-refractivity contribution < 1.29 is 14.3 Å². The molecule has 1 aliphatic rings. The maximum absolute atomic E-state index is 12.8. The van der Waals surface area contributed by atoms with Crippen molar-refractivity contribution in [3.8, 4) is 5.75 Å². The molecule has 1 saturated heterocycles. The third-order valence-electron chi connectivity index (χ3n) is 4.55. The molecule has 0 N–H and O–H groups in total. The highest BCUT2D eigenvalue weighted by Crippen LogP contribution is 2.25. The summed E-state index contributed by atoms with van der Waals surface area (Å²) in [6.45, 7) is 4.69. The van der Waals surface area contributed by atoms with Crippen molar-refractivity contribution >= 4 is 17.5 Å². The molecule has 0 aromatic heterocycles. The molecule has 5 heteroatoms. The number of anilines is 1. The molecule has 3 rings (SSSR count). The summed E-state index contributed by atoms with van der Waals surface area (Å²) in [5.74, 6) is 0.520. The Balaban J connectivity index is 1.80. The first kappa shape index (κ1) is 17.0. The van der Waals surface area contributed by atoms with Crippen LogP contribution in [0.4, 0.5) is 5.69 Å². The molecule has 2 amide bonds. The number of methoxy groups -OCH3 is 1. The van der Waals surface area contributed by atoms with Gasteiger partial charge in [0.2, 0.25) is 5.91 Å². The molecule has 0 spiro atoms. The molecular formula is C20H22N2O3. The van der Waals surface area contributed by atoms with Crippen molar-refractivity contribution in [3.05, 3.63) is 59.7 Å². The summed E-state index contributed by atoms with van der Waals surface area (Å²) in [6, 6.07) is 14.4. The van der Waals surface area contributed by atoms with Crippen LogP contribution in [0.1, 0.15) is 22.8 Å². The Morgan fingerprint density at radius 2 is 1.88 bits per heavy atom. The summed E-state index contributed by atoms with van der Waals surface area (Å²) >= 11 is 0. The van der Waals surface area contributed by atoms with E-state index in [1.165, 1.54) is 0 Å². The third kappa shape index (κ3) is 3.36. The molecule has 2 aromatic rings. The second-order valence-electron chi connectivity index (χ2n) is 6.24. The first-order chi connectivity index (χ1) is 12.0. The van der Waals surface area contributed by atoms with E-state index in [-0.39, 0.29) is 11.8 Å². The summed E-state index contributed by atoms with van der Waals surface area (Å²) in [5, 5.41) is 0. The van der Waals surface area contributed by atoms with E-state index in [4.69, 9.17) is 4.74 Å². The first-order valence-electron chi connectivity index (χ1n) is 8.34. The Kier molecular flexibility index (Phi) is 4.74. The predicted molar refractivity (Wildman–Crippen MR) is 97.0 cm³/mol. The van der Waals surface area contributed by atoms with E-state index in [1.807, 2.05) is 49.4 Å². The molecule has 5 nitrogen and oxygen atoms in total. The average molecular weight is 338 g/mol. The molecule has 1 unspecified atom stereocenters. The fraction of sp³-hybridized carbons (Fsp3) is 0.300. The van der Waals surface area contributed by atoms with Gasteiger partial charge in [0.25, 0.3) is 5.91 Å². The topological polar surface area (TPSA) is 49.9 Å². The van der Waals surface area contributed by atoms with Gasteiger partial charge in [0.05, 0.1) is 7.11 Å². The van der Waals surface area contributed by atoms with Gasteiger partial charge < -0.3 is 14.5 Å². The molecule has 0 radical (unpaired) electrons. The molecule has 25 heavy (non-hydrogen) atoms. The lowest BCUT2D eigenvalue weighted by atomic mass is 10.1. The highest BCUT2D eigenvalue weighted by Gasteiger charge is 2.35. The average Bonchev–Trinajstić information content (AvgIpc) is 2.63. The lowest BCUT2D eigenvalue weighted by Gasteiger charge is -2.39. The highest BCUT2D eigenvalue weighted by atomic mass is 16.5. The number of ether oxygens (including phenoxy) is 1. The van der Waals surface area contributed by atoms with E-state index in [2.05, 4.69) is 0 Å². The number of hydrogen-bond acceptors (Lipinski definition) is 3. The molecule has 130 valence electrons. The molecule has 0 aliphatic carbocycles. The van der Waals surface area contributed by atoms with E-state index in [1.54, 1.807) is 29.9 Å². The zero-order chi connectivity index (χ0) is 18.0. The van der Waals surface area contributed by atoms with Gasteiger partial charge >= 0.3 is 0 Å². The van der Waals surface area contributed by atoms with Gasteiger partial charge in [-0.2, -0.15) is 0 Å². The third-order valence-corrected chi connectivity index (χ3v) is 4.55. The lowest BCUT2D eigenvalue weighted by Crippen LogP contribution is -2.57. The van der Waals surface area contributed by atoms with Crippen LogP contribution in [-0.2, 0) is 4.79 Å². The van der Waals surface area contributed by atoms with Gasteiger partial charge in [0.15, 0.2) is 0 Å². The van der Waals surface area contributed by atoms with Gasteiger partial charge in [-0.15, -0.1) is 0 Å². The lowest BCUT2D eigenvalue weighted by molar-refractivity contribution is -0.124. The smallest absolute Gasteiger partial charge is 0.254 e. The van der Waals surface area contributed by atoms with E-state index in [0.717, 1.165) is 11.3 Å². The summed E-state index contributed by atoms with van der Waals surface area (Å²) in [5.41, 5.74) is 2.44. The van der Waals surface area contributed by atoms with Crippen LogP contribution < -0.4 is 9.64 Å². The number of amides is 2. The van der Waals surface area contributed by atoms with Crippen molar-refractivity contribution in [2.45, 2.75) is 19.9 Å². The highest BCUT2D eigenvalue weighted by molar-refractivity contribution is 6.03. The van der Waals surface area contributed by atoms with Crippen LogP contribution in [0.2, 0.25) is 0 Å². The zero-order valence-corrected chi connectivity index (χ0v) is 14.7. The predicted octanol–water partition coefficient (Wildman–Crippen LogP) is 2.88. The molecule has 1 aliphatic heterocycles. The van der Waals surface area contributed by atoms with Crippen molar-refractivity contribution in [2.75, 3.05) is 25.1 Å². The Morgan fingerprint density at radius 3 is 2.60 bits per heavy atom. The molecule has 1 atom stereocenters. The summed E-state index contributed by atoms with van der Waals surface area (Å²) in [7, 11) is 1.60. The second kappa shape index (κ2) is 6.97. The molecule has 2 aromatic carbocycles. The van der Waals surface area contributed by atoms with Gasteiger partial charge in [-0.1, -0.05) is 23.8 Å². The van der Waals surface area contributed by atoms with Crippen LogP contribution in [0.25, 0.3) is 0 Å². The number of nitrogens with zero attached hydrogens (tertiary/aromatic N) is 2. The van der Waals surface area contributed by atoms with Crippen molar-refractivity contribution in [1.82, 2.24) is 4.90 Å². The monoisotopic (exact) mass is 338 g/mol. The molecule has 1 fully saturated rings. The maximum atomic E-state index is 12.8. The Morgan fingerprint density at radius 1 is 1.12 bits per heavy atom. The quantitative estimate of drug-likeness (QED) is 0.865. The molecule has 1 heterocycles. The number of benzene rings is 2. The summed E-state index contributed by atoms with van der Waals surface area (Å²) in [4.78, 5) is 29.0. The normalized spacial score (nSPS) is 17.6. The van der Waals surface area contributed by atoms with E-state index in [9.17, 15) is 9.59 Å².